The summed E-state index contributed by atoms with van der Waals surface area (Å²) in [5.74, 6) is 2.02. The molecule has 2 heterocycles. The highest BCUT2D eigenvalue weighted by atomic mass is 32.2. The third kappa shape index (κ3) is 5.40. The average Bonchev–Trinajstić information content (AvgIpc) is 3.02. The molecule has 34 heavy (non-hydrogen) atoms. The first-order valence-corrected chi connectivity index (χ1v) is 12.4. The first-order valence-electron chi connectivity index (χ1n) is 11.0. The van der Waals surface area contributed by atoms with Gasteiger partial charge in [0, 0.05) is 26.2 Å². The van der Waals surface area contributed by atoms with E-state index in [4.69, 9.17) is 14.0 Å². The highest BCUT2D eigenvalue weighted by Gasteiger charge is 2.32. The van der Waals surface area contributed by atoms with E-state index >= 15 is 0 Å². The van der Waals surface area contributed by atoms with Gasteiger partial charge in [-0.2, -0.15) is 4.31 Å². The van der Waals surface area contributed by atoms with Gasteiger partial charge in [-0.05, 0) is 56.7 Å². The van der Waals surface area contributed by atoms with E-state index in [1.807, 2.05) is 30.3 Å². The van der Waals surface area contributed by atoms with Crippen molar-refractivity contribution in [3.05, 3.63) is 66.1 Å². The summed E-state index contributed by atoms with van der Waals surface area (Å²) in [5, 5.41) is 3.75. The lowest BCUT2D eigenvalue weighted by atomic mass is 10.3. The second-order valence-electron chi connectivity index (χ2n) is 7.97. The zero-order valence-electron chi connectivity index (χ0n) is 19.1. The van der Waals surface area contributed by atoms with E-state index in [1.165, 1.54) is 4.31 Å². The number of para-hydroxylation sites is 1. The summed E-state index contributed by atoms with van der Waals surface area (Å²) in [5.41, 5.74) is 0.336. The minimum atomic E-state index is -3.74. The largest absolute Gasteiger partial charge is 0.484 e. The molecule has 0 aliphatic carbocycles. The normalized spacial score (nSPS) is 15.1. The summed E-state index contributed by atoms with van der Waals surface area (Å²) in [6.07, 6.45) is 0.528. The van der Waals surface area contributed by atoms with Crippen LogP contribution in [0.5, 0.6) is 17.2 Å². The van der Waals surface area contributed by atoms with Crippen molar-refractivity contribution in [2.45, 2.75) is 25.2 Å². The Balaban J connectivity index is 1.30. The van der Waals surface area contributed by atoms with Crippen LogP contribution in [0.4, 0.5) is 0 Å². The smallest absolute Gasteiger partial charge is 0.260 e. The van der Waals surface area contributed by atoms with Crippen LogP contribution in [0.2, 0.25) is 0 Å². The second-order valence-corrected chi connectivity index (χ2v) is 9.84. The Hall–Kier alpha value is -3.37. The van der Waals surface area contributed by atoms with Crippen LogP contribution in [0.15, 0.2) is 64.0 Å². The van der Waals surface area contributed by atoms with Crippen LogP contribution in [-0.2, 0) is 14.8 Å². The van der Waals surface area contributed by atoms with Crippen molar-refractivity contribution >= 4 is 15.9 Å². The van der Waals surface area contributed by atoms with Gasteiger partial charge < -0.3 is 18.9 Å². The van der Waals surface area contributed by atoms with Gasteiger partial charge in [0.05, 0.1) is 0 Å². The van der Waals surface area contributed by atoms with E-state index in [0.717, 1.165) is 5.75 Å². The summed E-state index contributed by atoms with van der Waals surface area (Å²) >= 11 is 0. The molecule has 0 spiro atoms. The van der Waals surface area contributed by atoms with Gasteiger partial charge in [-0.25, -0.2) is 8.42 Å². The van der Waals surface area contributed by atoms with E-state index in [9.17, 15) is 13.2 Å². The monoisotopic (exact) mass is 485 g/mol. The predicted molar refractivity (Wildman–Crippen MR) is 124 cm³/mol. The molecule has 1 aromatic heterocycles. The first-order chi connectivity index (χ1) is 16.3. The SMILES string of the molecule is Cc1noc(C)c1S(=O)(=O)N1CCCN(C(=O)COc2ccc(Oc3ccccc3)cc2)CC1. The Morgan fingerprint density at radius 3 is 2.29 bits per heavy atom. The highest BCUT2D eigenvalue weighted by Crippen LogP contribution is 2.25. The third-order valence-corrected chi connectivity index (χ3v) is 7.68. The standard InChI is InChI=1S/C24H27N3O6S/c1-18-24(19(2)33-25-18)34(29,30)27-14-6-13-26(15-16-27)23(28)17-31-20-9-11-22(12-10-20)32-21-7-4-3-5-8-21/h3-5,7-12H,6,13-17H2,1-2H3. The van der Waals surface area contributed by atoms with E-state index in [-0.39, 0.29) is 36.3 Å². The van der Waals surface area contributed by atoms with Gasteiger partial charge in [0.15, 0.2) is 12.4 Å². The van der Waals surface area contributed by atoms with Crippen molar-refractivity contribution in [3.8, 4) is 17.2 Å². The Morgan fingerprint density at radius 2 is 1.62 bits per heavy atom. The predicted octanol–water partition coefficient (Wildman–Crippen LogP) is 3.39. The van der Waals surface area contributed by atoms with Crippen LogP contribution in [0.25, 0.3) is 0 Å². The highest BCUT2D eigenvalue weighted by molar-refractivity contribution is 7.89. The van der Waals surface area contributed by atoms with Gasteiger partial charge in [0.25, 0.3) is 5.91 Å². The Labute approximate surface area is 198 Å². The van der Waals surface area contributed by atoms with Gasteiger partial charge in [-0.15, -0.1) is 0 Å². The Bertz CT molecular complexity index is 1210. The lowest BCUT2D eigenvalue weighted by molar-refractivity contribution is -0.133. The van der Waals surface area contributed by atoms with Crippen LogP contribution >= 0.6 is 0 Å². The molecule has 1 aliphatic rings. The molecule has 0 bridgehead atoms. The first kappa shape index (κ1) is 23.8. The molecule has 180 valence electrons. The van der Waals surface area contributed by atoms with Crippen molar-refractivity contribution in [2.24, 2.45) is 0 Å². The fraction of sp³-hybridized carbons (Fsp3) is 0.333. The molecule has 2 aromatic carbocycles. The maximum atomic E-state index is 13.1. The molecule has 1 amide bonds. The summed E-state index contributed by atoms with van der Waals surface area (Å²) < 4.78 is 43.9. The summed E-state index contributed by atoms with van der Waals surface area (Å²) in [4.78, 5) is 14.5. The molecule has 0 saturated carbocycles. The molecule has 1 saturated heterocycles. The molecule has 0 radical (unpaired) electrons. The number of benzene rings is 2. The van der Waals surface area contributed by atoms with Gasteiger partial charge in [-0.3, -0.25) is 4.79 Å². The van der Waals surface area contributed by atoms with Crippen molar-refractivity contribution in [1.82, 2.24) is 14.4 Å². The lowest BCUT2D eigenvalue weighted by Crippen LogP contribution is -2.39. The molecule has 4 rings (SSSR count). The van der Waals surface area contributed by atoms with Crippen LogP contribution < -0.4 is 9.47 Å². The molecule has 0 unspecified atom stereocenters. The Morgan fingerprint density at radius 1 is 0.941 bits per heavy atom. The molecular weight excluding hydrogens is 458 g/mol. The molecule has 3 aromatic rings. The second kappa shape index (κ2) is 10.3. The number of carbonyl (C=O) groups is 1. The van der Waals surface area contributed by atoms with Crippen molar-refractivity contribution in [2.75, 3.05) is 32.8 Å². The number of carbonyl (C=O) groups excluding carboxylic acids is 1. The van der Waals surface area contributed by atoms with Crippen molar-refractivity contribution in [1.29, 1.82) is 0 Å². The molecule has 0 atom stereocenters. The minimum Gasteiger partial charge on any atom is -0.484 e. The van der Waals surface area contributed by atoms with Gasteiger partial charge in [0.2, 0.25) is 10.0 Å². The zero-order chi connectivity index (χ0) is 24.1. The van der Waals surface area contributed by atoms with Gasteiger partial charge >= 0.3 is 0 Å². The summed E-state index contributed by atoms with van der Waals surface area (Å²) in [6, 6.07) is 16.5. The zero-order valence-corrected chi connectivity index (χ0v) is 20.0. The number of ether oxygens (including phenoxy) is 2. The number of aromatic nitrogens is 1. The van der Waals surface area contributed by atoms with Gasteiger partial charge in [0.1, 0.15) is 27.8 Å². The number of rotatable bonds is 7. The lowest BCUT2D eigenvalue weighted by Gasteiger charge is -2.22. The topological polar surface area (TPSA) is 102 Å². The molecule has 0 N–H and O–H groups in total. The number of sulfonamides is 1. The molecule has 1 fully saturated rings. The fourth-order valence-corrected chi connectivity index (χ4v) is 5.58. The van der Waals surface area contributed by atoms with E-state index in [2.05, 4.69) is 5.16 Å². The van der Waals surface area contributed by atoms with E-state index in [0.29, 0.717) is 36.7 Å². The molecule has 10 heteroatoms. The number of amides is 1. The van der Waals surface area contributed by atoms with E-state index < -0.39 is 10.0 Å². The maximum Gasteiger partial charge on any atom is 0.260 e. The minimum absolute atomic E-state index is 0.107. The van der Waals surface area contributed by atoms with Gasteiger partial charge in [-0.1, -0.05) is 23.4 Å². The van der Waals surface area contributed by atoms with Crippen molar-refractivity contribution in [3.63, 3.8) is 0 Å². The quantitative estimate of drug-likeness (QED) is 0.505. The number of hydrogen-bond donors (Lipinski definition) is 0. The number of hydrogen-bond acceptors (Lipinski definition) is 7. The summed E-state index contributed by atoms with van der Waals surface area (Å²) in [6.45, 7) is 4.32. The molecule has 1 aliphatic heterocycles. The van der Waals surface area contributed by atoms with Crippen LogP contribution in [0, 0.1) is 13.8 Å². The Kier molecular flexibility index (Phi) is 7.18. The molecular formula is C24H27N3O6S. The van der Waals surface area contributed by atoms with E-state index in [1.54, 1.807) is 43.0 Å². The van der Waals surface area contributed by atoms with Crippen LogP contribution in [0.3, 0.4) is 0 Å². The maximum absolute atomic E-state index is 13.1. The average molecular weight is 486 g/mol. The number of aryl methyl sites for hydroxylation is 2. The fourth-order valence-electron chi connectivity index (χ4n) is 3.82. The van der Waals surface area contributed by atoms with Crippen LogP contribution in [-0.4, -0.2) is 61.5 Å². The number of nitrogens with zero attached hydrogens (tertiary/aromatic N) is 3. The summed E-state index contributed by atoms with van der Waals surface area (Å²) in [7, 11) is -3.74. The van der Waals surface area contributed by atoms with Crippen molar-refractivity contribution < 1.29 is 27.2 Å². The van der Waals surface area contributed by atoms with Crippen LogP contribution in [0.1, 0.15) is 17.9 Å². The molecule has 9 nitrogen and oxygen atoms in total. The third-order valence-electron chi connectivity index (χ3n) is 5.54.